The summed E-state index contributed by atoms with van der Waals surface area (Å²) in [5.74, 6) is -0.975. The van der Waals surface area contributed by atoms with Gasteiger partial charge in [-0.25, -0.2) is 0 Å². The lowest BCUT2D eigenvalue weighted by Crippen LogP contribution is -2.29. The number of ketones is 1. The maximum Gasteiger partial charge on any atom is 0.295 e. The molecule has 8 heteroatoms. The molecule has 1 atom stereocenters. The molecule has 2 aromatic carbocycles. The van der Waals surface area contributed by atoms with Crippen molar-refractivity contribution >= 4 is 40.7 Å². The number of hydrogen-bond acceptors (Lipinski definition) is 5. The summed E-state index contributed by atoms with van der Waals surface area (Å²) >= 11 is 12.4. The van der Waals surface area contributed by atoms with Crippen LogP contribution in [0.3, 0.4) is 0 Å². The SMILES string of the molecule is COc1ccc(/C(O)=C2/C(=O)C(=O)N(Cc3cccnc3)C2c2ccc(Cl)c(Cl)c2)cc1C(C)C. The molecule has 1 N–H and O–H groups in total. The summed E-state index contributed by atoms with van der Waals surface area (Å²) in [6, 6.07) is 12.8. The fraction of sp³-hybridized carbons (Fsp3) is 0.222. The van der Waals surface area contributed by atoms with E-state index >= 15 is 0 Å². The molecule has 3 aromatic rings. The average molecular weight is 511 g/mol. The van der Waals surface area contributed by atoms with Crippen LogP contribution in [0.25, 0.3) is 5.76 Å². The number of benzene rings is 2. The van der Waals surface area contributed by atoms with E-state index in [0.717, 1.165) is 11.1 Å². The van der Waals surface area contributed by atoms with Gasteiger partial charge in [-0.15, -0.1) is 0 Å². The lowest BCUT2D eigenvalue weighted by atomic mass is 9.93. The van der Waals surface area contributed by atoms with Crippen molar-refractivity contribution in [3.8, 4) is 5.75 Å². The first-order valence-corrected chi connectivity index (χ1v) is 11.8. The lowest BCUT2D eigenvalue weighted by molar-refractivity contribution is -0.140. The van der Waals surface area contributed by atoms with Crippen LogP contribution in [0.15, 0.2) is 66.5 Å². The van der Waals surface area contributed by atoms with Crippen LogP contribution in [0, 0.1) is 0 Å². The molecule has 0 radical (unpaired) electrons. The molecule has 1 aliphatic heterocycles. The first-order valence-electron chi connectivity index (χ1n) is 11.0. The highest BCUT2D eigenvalue weighted by Crippen LogP contribution is 2.42. The van der Waals surface area contributed by atoms with Gasteiger partial charge in [0, 0.05) is 24.5 Å². The third-order valence-corrected chi connectivity index (χ3v) is 6.74. The number of pyridine rings is 1. The zero-order chi connectivity index (χ0) is 25.3. The van der Waals surface area contributed by atoms with Crippen LogP contribution in [0.2, 0.25) is 10.0 Å². The third-order valence-electron chi connectivity index (χ3n) is 6.00. The number of rotatable bonds is 6. The molecule has 2 heterocycles. The third kappa shape index (κ3) is 4.77. The summed E-state index contributed by atoms with van der Waals surface area (Å²) in [5, 5.41) is 12.0. The Hall–Kier alpha value is -3.35. The second-order valence-electron chi connectivity index (χ2n) is 8.57. The Morgan fingerprint density at radius 3 is 2.51 bits per heavy atom. The van der Waals surface area contributed by atoms with Gasteiger partial charge in [0.2, 0.25) is 0 Å². The smallest absolute Gasteiger partial charge is 0.295 e. The first kappa shape index (κ1) is 24.8. The minimum atomic E-state index is -0.866. The Bertz CT molecular complexity index is 1320. The number of carbonyl (C=O) groups is 2. The van der Waals surface area contributed by atoms with Crippen molar-refractivity contribution in [2.45, 2.75) is 32.4 Å². The molecular weight excluding hydrogens is 487 g/mol. The molecule has 1 aliphatic rings. The van der Waals surface area contributed by atoms with E-state index in [2.05, 4.69) is 4.98 Å². The molecule has 6 nitrogen and oxygen atoms in total. The standard InChI is InChI=1S/C27H24Cl2N2O4/c1-15(2)19-11-18(7-9-22(19)35-3)25(32)23-24(17-6-8-20(28)21(29)12-17)31(27(34)26(23)33)14-16-5-4-10-30-13-16/h4-13,15,24,32H,14H2,1-3H3/b25-23-. The van der Waals surface area contributed by atoms with Crippen LogP contribution in [0.4, 0.5) is 0 Å². The number of aliphatic hydroxyl groups is 1. The fourth-order valence-electron chi connectivity index (χ4n) is 4.25. The molecule has 4 rings (SSSR count). The Morgan fingerprint density at radius 2 is 1.89 bits per heavy atom. The van der Waals surface area contributed by atoms with Crippen molar-refractivity contribution in [1.29, 1.82) is 0 Å². The minimum absolute atomic E-state index is 0.0165. The largest absolute Gasteiger partial charge is 0.507 e. The van der Waals surface area contributed by atoms with Crippen molar-refractivity contribution < 1.29 is 19.4 Å². The van der Waals surface area contributed by atoms with E-state index < -0.39 is 17.7 Å². The number of hydrogen-bond donors (Lipinski definition) is 1. The van der Waals surface area contributed by atoms with E-state index in [-0.39, 0.29) is 28.8 Å². The van der Waals surface area contributed by atoms with Gasteiger partial charge in [-0.05, 0) is 59.0 Å². The molecule has 35 heavy (non-hydrogen) atoms. The summed E-state index contributed by atoms with van der Waals surface area (Å²) in [6.45, 7) is 4.13. The van der Waals surface area contributed by atoms with Crippen molar-refractivity contribution in [2.24, 2.45) is 0 Å². The summed E-state index contributed by atoms with van der Waals surface area (Å²) in [4.78, 5) is 32.0. The normalized spacial score (nSPS) is 17.3. The zero-order valence-corrected chi connectivity index (χ0v) is 21.0. The number of carbonyl (C=O) groups excluding carboxylic acids is 2. The van der Waals surface area contributed by atoms with Gasteiger partial charge in [0.25, 0.3) is 11.7 Å². The summed E-state index contributed by atoms with van der Waals surface area (Å²) in [6.07, 6.45) is 3.26. The number of Topliss-reactive ketones (excluding diaryl/α,β-unsaturated/α-hetero) is 1. The van der Waals surface area contributed by atoms with Gasteiger partial charge < -0.3 is 14.7 Å². The molecule has 0 saturated carbocycles. The summed E-state index contributed by atoms with van der Waals surface area (Å²) in [5.41, 5.74) is 2.57. The van der Waals surface area contributed by atoms with Crippen LogP contribution in [0.5, 0.6) is 5.75 Å². The maximum atomic E-state index is 13.3. The number of nitrogens with zero attached hydrogens (tertiary/aromatic N) is 2. The summed E-state index contributed by atoms with van der Waals surface area (Å²) < 4.78 is 5.44. The number of amides is 1. The second-order valence-corrected chi connectivity index (χ2v) is 9.39. The fourth-order valence-corrected chi connectivity index (χ4v) is 4.56. The molecule has 1 unspecified atom stereocenters. The van der Waals surface area contributed by atoms with E-state index in [0.29, 0.717) is 21.9 Å². The Labute approximate surface area is 213 Å². The predicted molar refractivity (Wildman–Crippen MR) is 136 cm³/mol. The van der Waals surface area contributed by atoms with Gasteiger partial charge in [0.15, 0.2) is 0 Å². The van der Waals surface area contributed by atoms with E-state index in [9.17, 15) is 14.7 Å². The van der Waals surface area contributed by atoms with E-state index in [1.54, 1.807) is 62.0 Å². The van der Waals surface area contributed by atoms with Crippen LogP contribution in [-0.2, 0) is 16.1 Å². The topological polar surface area (TPSA) is 79.7 Å². The van der Waals surface area contributed by atoms with Crippen molar-refractivity contribution in [3.63, 3.8) is 0 Å². The monoisotopic (exact) mass is 510 g/mol. The average Bonchev–Trinajstić information content (AvgIpc) is 3.10. The Balaban J connectivity index is 1.90. The van der Waals surface area contributed by atoms with Gasteiger partial charge >= 0.3 is 0 Å². The highest BCUT2D eigenvalue weighted by molar-refractivity contribution is 6.46. The molecule has 1 amide bonds. The molecule has 1 saturated heterocycles. The maximum absolute atomic E-state index is 13.3. The molecule has 0 bridgehead atoms. The van der Waals surface area contributed by atoms with Crippen molar-refractivity contribution in [3.05, 3.63) is 98.8 Å². The number of aliphatic hydroxyl groups excluding tert-OH is 1. The predicted octanol–water partition coefficient (Wildman–Crippen LogP) is 6.14. The zero-order valence-electron chi connectivity index (χ0n) is 19.5. The van der Waals surface area contributed by atoms with Gasteiger partial charge in [0.1, 0.15) is 11.5 Å². The first-order chi connectivity index (χ1) is 16.7. The van der Waals surface area contributed by atoms with Crippen LogP contribution in [-0.4, -0.2) is 33.8 Å². The Kier molecular flexibility index (Phi) is 7.15. The quantitative estimate of drug-likeness (QED) is 0.244. The lowest BCUT2D eigenvalue weighted by Gasteiger charge is -2.25. The van der Waals surface area contributed by atoms with Gasteiger partial charge in [-0.1, -0.05) is 49.2 Å². The number of likely N-dealkylation sites (tertiary alicyclic amines) is 1. The highest BCUT2D eigenvalue weighted by Gasteiger charge is 2.46. The van der Waals surface area contributed by atoms with E-state index in [1.165, 1.54) is 4.90 Å². The Morgan fingerprint density at radius 1 is 1.11 bits per heavy atom. The van der Waals surface area contributed by atoms with Gasteiger partial charge in [0.05, 0.1) is 28.8 Å². The molecule has 0 spiro atoms. The molecular formula is C27H24Cl2N2O4. The number of methoxy groups -OCH3 is 1. The highest BCUT2D eigenvalue weighted by atomic mass is 35.5. The number of ether oxygens (including phenoxy) is 1. The van der Waals surface area contributed by atoms with Crippen molar-refractivity contribution in [1.82, 2.24) is 9.88 Å². The van der Waals surface area contributed by atoms with E-state index in [1.807, 2.05) is 19.9 Å². The second kappa shape index (κ2) is 10.1. The summed E-state index contributed by atoms with van der Waals surface area (Å²) in [7, 11) is 1.58. The molecule has 0 aliphatic carbocycles. The van der Waals surface area contributed by atoms with Gasteiger partial charge in [-0.3, -0.25) is 14.6 Å². The van der Waals surface area contributed by atoms with E-state index in [4.69, 9.17) is 27.9 Å². The molecule has 1 aromatic heterocycles. The van der Waals surface area contributed by atoms with Crippen LogP contribution in [0.1, 0.15) is 48.1 Å². The van der Waals surface area contributed by atoms with Gasteiger partial charge in [-0.2, -0.15) is 0 Å². The van der Waals surface area contributed by atoms with Crippen LogP contribution < -0.4 is 4.74 Å². The number of aromatic nitrogens is 1. The number of halogens is 2. The van der Waals surface area contributed by atoms with Crippen molar-refractivity contribution in [2.75, 3.05) is 7.11 Å². The molecule has 180 valence electrons. The molecule has 1 fully saturated rings. The minimum Gasteiger partial charge on any atom is -0.507 e. The van der Waals surface area contributed by atoms with Crippen LogP contribution >= 0.6 is 23.2 Å².